The van der Waals surface area contributed by atoms with Crippen LogP contribution >= 0.6 is 0 Å². The Balaban J connectivity index is -0.0000000720. The van der Waals surface area contributed by atoms with E-state index in [-0.39, 0.29) is 19.5 Å². The molecule has 0 saturated carbocycles. The topological polar surface area (TPSA) is 40.5 Å². The monoisotopic (exact) mass is 184 g/mol. The second-order valence-corrected chi connectivity index (χ2v) is 1.45. The van der Waals surface area contributed by atoms with Crippen LogP contribution in [0.15, 0.2) is 0 Å². The number of hydrogen-bond donors (Lipinski definition) is 2. The molecule has 0 fully saturated rings. The summed E-state index contributed by atoms with van der Waals surface area (Å²) in [6.45, 7) is 4.50. The van der Waals surface area contributed by atoms with E-state index in [9.17, 15) is 0 Å². The first kappa shape index (κ1) is 16.3. The summed E-state index contributed by atoms with van der Waals surface area (Å²) >= 11 is 0. The molecular formula is C6H16O2Zn+4. The van der Waals surface area contributed by atoms with Crippen LogP contribution in [-0.4, -0.2) is 23.4 Å². The molecule has 3 heteroatoms. The van der Waals surface area contributed by atoms with Gasteiger partial charge in [-0.05, 0) is 12.8 Å². The van der Waals surface area contributed by atoms with Crippen LogP contribution in [0.4, 0.5) is 0 Å². The van der Waals surface area contributed by atoms with E-state index >= 15 is 0 Å². The molecule has 9 heavy (non-hydrogen) atoms. The van der Waals surface area contributed by atoms with Crippen molar-refractivity contribution in [3.63, 3.8) is 0 Å². The molecule has 0 aliphatic rings. The summed E-state index contributed by atoms with van der Waals surface area (Å²) in [6, 6.07) is 0. The Morgan fingerprint density at radius 2 is 1.00 bits per heavy atom. The standard InChI is InChI=1S/2C3H8O.Zn/c2*1-2-3-4;/h2*4H,2-3H2,1H3;/q;;+4. The van der Waals surface area contributed by atoms with Gasteiger partial charge < -0.3 is 10.2 Å². The molecular weight excluding hydrogens is 169 g/mol. The number of hydrogen-bond acceptors (Lipinski definition) is 2. The van der Waals surface area contributed by atoms with Crippen LogP contribution in [-0.2, 0) is 19.5 Å². The summed E-state index contributed by atoms with van der Waals surface area (Å²) in [5.74, 6) is 0. The zero-order valence-corrected chi connectivity index (χ0v) is 9.40. The molecule has 0 aromatic carbocycles. The minimum absolute atomic E-state index is 0. The second kappa shape index (κ2) is 23.6. The molecule has 0 rings (SSSR count). The zero-order chi connectivity index (χ0) is 6.83. The molecule has 2 nitrogen and oxygen atoms in total. The average Bonchev–Trinajstić information content (AvgIpc) is 1.88. The normalized spacial score (nSPS) is 6.67. The first-order valence-electron chi connectivity index (χ1n) is 3.05. The van der Waals surface area contributed by atoms with Crippen molar-refractivity contribution in [2.24, 2.45) is 0 Å². The predicted octanol–water partition coefficient (Wildman–Crippen LogP) is 0.775. The Bertz CT molecular complexity index is 19.0. The largest absolute Gasteiger partial charge is 4.00 e. The van der Waals surface area contributed by atoms with Crippen molar-refractivity contribution >= 4 is 0 Å². The van der Waals surface area contributed by atoms with Gasteiger partial charge in [0.25, 0.3) is 0 Å². The van der Waals surface area contributed by atoms with Crippen molar-refractivity contribution < 1.29 is 29.7 Å². The van der Waals surface area contributed by atoms with E-state index in [2.05, 4.69) is 0 Å². The summed E-state index contributed by atoms with van der Waals surface area (Å²) < 4.78 is 0. The molecule has 2 N–H and O–H groups in total. The summed E-state index contributed by atoms with van der Waals surface area (Å²) in [5, 5.41) is 15.8. The van der Waals surface area contributed by atoms with Crippen molar-refractivity contribution in [1.82, 2.24) is 0 Å². The van der Waals surface area contributed by atoms with E-state index in [1.165, 1.54) is 0 Å². The Morgan fingerprint density at radius 1 is 0.889 bits per heavy atom. The molecule has 0 radical (unpaired) electrons. The summed E-state index contributed by atoms with van der Waals surface area (Å²) in [5.41, 5.74) is 0. The first-order valence-corrected chi connectivity index (χ1v) is 3.05. The average molecular weight is 186 g/mol. The zero-order valence-electron chi connectivity index (χ0n) is 6.43. The van der Waals surface area contributed by atoms with Crippen LogP contribution in [0.2, 0.25) is 0 Å². The number of rotatable bonds is 2. The Kier molecular flexibility index (Phi) is 42.6. The number of aliphatic hydroxyl groups is 2. The molecule has 0 aliphatic carbocycles. The summed E-state index contributed by atoms with van der Waals surface area (Å²) in [7, 11) is 0. The van der Waals surface area contributed by atoms with Gasteiger partial charge in [-0.2, -0.15) is 0 Å². The van der Waals surface area contributed by atoms with Crippen molar-refractivity contribution in [3.8, 4) is 0 Å². The van der Waals surface area contributed by atoms with Crippen LogP contribution in [0.1, 0.15) is 26.7 Å². The van der Waals surface area contributed by atoms with Gasteiger partial charge in [0.15, 0.2) is 0 Å². The fraction of sp³-hybridized carbons (Fsp3) is 1.00. The quantitative estimate of drug-likeness (QED) is 0.624. The Morgan fingerprint density at radius 3 is 1.00 bits per heavy atom. The van der Waals surface area contributed by atoms with Crippen LogP contribution in [0, 0.1) is 0 Å². The molecule has 0 unspecified atom stereocenters. The molecule has 0 bridgehead atoms. The van der Waals surface area contributed by atoms with Crippen molar-refractivity contribution in [3.05, 3.63) is 0 Å². The van der Waals surface area contributed by atoms with Crippen LogP contribution < -0.4 is 0 Å². The van der Waals surface area contributed by atoms with Gasteiger partial charge in [-0.3, -0.25) is 0 Å². The van der Waals surface area contributed by atoms with Gasteiger partial charge in [-0.25, -0.2) is 0 Å². The van der Waals surface area contributed by atoms with E-state index < -0.39 is 0 Å². The predicted molar refractivity (Wildman–Crippen MR) is 34.8 cm³/mol. The van der Waals surface area contributed by atoms with E-state index in [0.717, 1.165) is 12.8 Å². The third kappa shape index (κ3) is 56.5. The van der Waals surface area contributed by atoms with E-state index in [4.69, 9.17) is 10.2 Å². The van der Waals surface area contributed by atoms with E-state index in [0.29, 0.717) is 13.2 Å². The number of aliphatic hydroxyl groups excluding tert-OH is 2. The molecule has 0 atom stereocenters. The maximum atomic E-state index is 7.88. The van der Waals surface area contributed by atoms with Gasteiger partial charge in [0.2, 0.25) is 0 Å². The summed E-state index contributed by atoms with van der Waals surface area (Å²) in [4.78, 5) is 0. The smallest absolute Gasteiger partial charge is 0.396 e. The minimum atomic E-state index is 0. The SMILES string of the molecule is CCCO.CCCO.[Zn+4]. The van der Waals surface area contributed by atoms with Gasteiger partial charge in [-0.1, -0.05) is 13.8 Å². The molecule has 0 aliphatic heterocycles. The fourth-order valence-corrected chi connectivity index (χ4v) is 0. The van der Waals surface area contributed by atoms with E-state index in [1.807, 2.05) is 13.8 Å². The van der Waals surface area contributed by atoms with Crippen molar-refractivity contribution in [2.45, 2.75) is 26.7 Å². The maximum Gasteiger partial charge on any atom is 4.00 e. The van der Waals surface area contributed by atoms with Crippen LogP contribution in [0.5, 0.6) is 0 Å². The fourth-order valence-electron chi connectivity index (χ4n) is 0. The molecule has 0 aromatic heterocycles. The van der Waals surface area contributed by atoms with Gasteiger partial charge in [0.1, 0.15) is 0 Å². The Labute approximate surface area is 70.0 Å². The maximum absolute atomic E-state index is 7.88. The van der Waals surface area contributed by atoms with Gasteiger partial charge in [0, 0.05) is 13.2 Å². The molecule has 0 saturated heterocycles. The summed E-state index contributed by atoms with van der Waals surface area (Å²) in [6.07, 6.45) is 1.75. The molecule has 0 spiro atoms. The van der Waals surface area contributed by atoms with Crippen molar-refractivity contribution in [1.29, 1.82) is 0 Å². The van der Waals surface area contributed by atoms with Gasteiger partial charge >= 0.3 is 19.5 Å². The van der Waals surface area contributed by atoms with E-state index in [1.54, 1.807) is 0 Å². The van der Waals surface area contributed by atoms with Gasteiger partial charge in [0.05, 0.1) is 0 Å². The second-order valence-electron chi connectivity index (χ2n) is 1.45. The first-order chi connectivity index (χ1) is 3.83. The molecule has 0 aromatic rings. The molecule has 0 amide bonds. The molecule has 0 heterocycles. The van der Waals surface area contributed by atoms with Crippen LogP contribution in [0.3, 0.4) is 0 Å². The minimum Gasteiger partial charge on any atom is -0.396 e. The van der Waals surface area contributed by atoms with Gasteiger partial charge in [-0.15, -0.1) is 0 Å². The van der Waals surface area contributed by atoms with Crippen molar-refractivity contribution in [2.75, 3.05) is 13.2 Å². The van der Waals surface area contributed by atoms with Crippen LogP contribution in [0.25, 0.3) is 0 Å². The third-order valence-corrected chi connectivity index (χ3v) is 0.447. The third-order valence-electron chi connectivity index (χ3n) is 0.447. The molecule has 50 valence electrons. The Hall–Kier alpha value is 0.543.